The Labute approximate surface area is 88.6 Å². The van der Waals surface area contributed by atoms with Crippen LogP contribution >= 0.6 is 0 Å². The highest BCUT2D eigenvalue weighted by atomic mass is 32.2. The molecule has 1 rings (SSSR count). The molecule has 0 aliphatic heterocycles. The van der Waals surface area contributed by atoms with Gasteiger partial charge in [-0.25, -0.2) is 13.4 Å². The normalized spacial score (nSPS) is 12.7. The summed E-state index contributed by atoms with van der Waals surface area (Å²) in [6.07, 6.45) is 1.14. The molecule has 0 fully saturated rings. The van der Waals surface area contributed by atoms with Crippen LogP contribution in [0.15, 0.2) is 11.1 Å². The highest BCUT2D eigenvalue weighted by Crippen LogP contribution is 2.27. The Kier molecular flexibility index (Phi) is 2.60. The second-order valence-corrected chi connectivity index (χ2v) is 6.76. The second-order valence-electron chi connectivity index (χ2n) is 4.09. The smallest absolute Gasteiger partial charge is 0.221 e. The van der Waals surface area contributed by atoms with Gasteiger partial charge in [0.15, 0.2) is 9.84 Å². The van der Waals surface area contributed by atoms with E-state index in [4.69, 9.17) is 11.5 Å². The van der Waals surface area contributed by atoms with Crippen molar-refractivity contribution in [3.63, 3.8) is 0 Å². The van der Waals surface area contributed by atoms with Gasteiger partial charge in [0.05, 0.1) is 10.9 Å². The second kappa shape index (κ2) is 3.34. The van der Waals surface area contributed by atoms with Crippen molar-refractivity contribution in [2.45, 2.75) is 30.4 Å². The van der Waals surface area contributed by atoms with E-state index in [0.29, 0.717) is 0 Å². The molecule has 1 aromatic heterocycles. The number of sulfone groups is 1. The van der Waals surface area contributed by atoms with E-state index in [2.05, 4.69) is 9.97 Å². The summed E-state index contributed by atoms with van der Waals surface area (Å²) in [5.41, 5.74) is 10.8. The van der Waals surface area contributed by atoms with Crippen molar-refractivity contribution in [2.24, 2.45) is 0 Å². The maximum absolute atomic E-state index is 12.0. The van der Waals surface area contributed by atoms with Gasteiger partial charge in [-0.15, -0.1) is 0 Å². The molecule has 0 aliphatic carbocycles. The minimum atomic E-state index is -3.53. The number of anilines is 2. The van der Waals surface area contributed by atoms with Gasteiger partial charge in [-0.1, -0.05) is 0 Å². The molecular weight excluding hydrogens is 216 g/mol. The third kappa shape index (κ3) is 2.01. The standard InChI is InChI=1S/C8H14N4O2S/c1-8(2,3)15(13,14)5-4-11-7(10)12-6(5)9/h4H,1-3H3,(H4,9,10,11,12). The van der Waals surface area contributed by atoms with Crippen molar-refractivity contribution in [3.8, 4) is 0 Å². The lowest BCUT2D eigenvalue weighted by atomic mass is 10.3. The van der Waals surface area contributed by atoms with Gasteiger partial charge in [0.1, 0.15) is 10.7 Å². The summed E-state index contributed by atoms with van der Waals surface area (Å²) < 4.78 is 23.0. The predicted molar refractivity (Wildman–Crippen MR) is 57.8 cm³/mol. The SMILES string of the molecule is CC(C)(C)S(=O)(=O)c1cnc(N)nc1N. The molecule has 7 heteroatoms. The van der Waals surface area contributed by atoms with E-state index >= 15 is 0 Å². The Morgan fingerprint density at radius 2 is 1.80 bits per heavy atom. The lowest BCUT2D eigenvalue weighted by Crippen LogP contribution is -2.29. The molecule has 0 radical (unpaired) electrons. The minimum Gasteiger partial charge on any atom is -0.382 e. The van der Waals surface area contributed by atoms with Gasteiger partial charge in [-0.05, 0) is 20.8 Å². The number of nitrogens with zero attached hydrogens (tertiary/aromatic N) is 2. The minimum absolute atomic E-state index is 0.0413. The Hall–Kier alpha value is -1.37. The van der Waals surface area contributed by atoms with Gasteiger partial charge in [-0.3, -0.25) is 0 Å². The van der Waals surface area contributed by atoms with E-state index in [1.165, 1.54) is 0 Å². The van der Waals surface area contributed by atoms with Crippen LogP contribution in [0.1, 0.15) is 20.8 Å². The highest BCUT2D eigenvalue weighted by Gasteiger charge is 2.33. The van der Waals surface area contributed by atoms with Crippen LogP contribution in [0.2, 0.25) is 0 Å². The van der Waals surface area contributed by atoms with E-state index in [-0.39, 0.29) is 16.7 Å². The third-order valence-electron chi connectivity index (χ3n) is 1.90. The summed E-state index contributed by atoms with van der Waals surface area (Å²) in [6.45, 7) is 4.74. The van der Waals surface area contributed by atoms with Crippen molar-refractivity contribution in [1.82, 2.24) is 9.97 Å². The first kappa shape index (κ1) is 11.7. The summed E-state index contributed by atoms with van der Waals surface area (Å²) in [4.78, 5) is 7.17. The maximum atomic E-state index is 12.0. The van der Waals surface area contributed by atoms with E-state index in [0.717, 1.165) is 6.20 Å². The number of nitrogen functional groups attached to an aromatic ring is 2. The first-order chi connectivity index (χ1) is 6.66. The van der Waals surface area contributed by atoms with Crippen LogP contribution in [0.3, 0.4) is 0 Å². The van der Waals surface area contributed by atoms with Crippen LogP contribution in [-0.2, 0) is 9.84 Å². The first-order valence-corrected chi connectivity index (χ1v) is 5.77. The molecule has 0 aliphatic rings. The van der Waals surface area contributed by atoms with Gasteiger partial charge in [0.25, 0.3) is 0 Å². The third-order valence-corrected chi connectivity index (χ3v) is 4.40. The molecule has 0 saturated carbocycles. The number of aromatic nitrogens is 2. The molecule has 15 heavy (non-hydrogen) atoms. The fourth-order valence-electron chi connectivity index (χ4n) is 0.935. The Morgan fingerprint density at radius 3 is 2.20 bits per heavy atom. The van der Waals surface area contributed by atoms with Crippen molar-refractivity contribution in [2.75, 3.05) is 11.5 Å². The van der Waals surface area contributed by atoms with Crippen LogP contribution < -0.4 is 11.5 Å². The summed E-state index contributed by atoms with van der Waals surface area (Å²) in [5, 5.41) is 0. The predicted octanol–water partition coefficient (Wildman–Crippen LogP) is 0.213. The van der Waals surface area contributed by atoms with E-state index < -0.39 is 14.6 Å². The van der Waals surface area contributed by atoms with Gasteiger partial charge in [-0.2, -0.15) is 4.98 Å². The van der Waals surface area contributed by atoms with E-state index in [1.807, 2.05) is 0 Å². The molecule has 0 amide bonds. The molecule has 1 aromatic rings. The summed E-state index contributed by atoms with van der Waals surface area (Å²) in [7, 11) is -3.53. The molecule has 0 spiro atoms. The molecule has 6 nitrogen and oxygen atoms in total. The fourth-order valence-corrected chi connectivity index (χ4v) is 2.11. The monoisotopic (exact) mass is 230 g/mol. The molecule has 0 bridgehead atoms. The summed E-state index contributed by atoms with van der Waals surface area (Å²) in [5.74, 6) is -0.155. The van der Waals surface area contributed by atoms with E-state index in [1.54, 1.807) is 20.8 Å². The Balaban J connectivity index is 3.42. The van der Waals surface area contributed by atoms with Gasteiger partial charge in [0, 0.05) is 0 Å². The quantitative estimate of drug-likeness (QED) is 0.713. The van der Waals surface area contributed by atoms with Crippen LogP contribution in [0.4, 0.5) is 11.8 Å². The van der Waals surface area contributed by atoms with Crippen LogP contribution in [0, 0.1) is 0 Å². The van der Waals surface area contributed by atoms with Gasteiger partial charge >= 0.3 is 0 Å². The van der Waals surface area contributed by atoms with Crippen molar-refractivity contribution < 1.29 is 8.42 Å². The van der Waals surface area contributed by atoms with Crippen LogP contribution in [0.25, 0.3) is 0 Å². The molecule has 1 heterocycles. The number of hydrogen-bond acceptors (Lipinski definition) is 6. The van der Waals surface area contributed by atoms with Crippen LogP contribution in [0.5, 0.6) is 0 Å². The summed E-state index contributed by atoms with van der Waals surface area (Å²) in [6, 6.07) is 0. The van der Waals surface area contributed by atoms with Gasteiger partial charge in [0.2, 0.25) is 5.95 Å². The highest BCUT2D eigenvalue weighted by molar-refractivity contribution is 7.92. The molecule has 4 N–H and O–H groups in total. The zero-order valence-electron chi connectivity index (χ0n) is 8.85. The number of rotatable bonds is 1. The molecule has 0 saturated heterocycles. The van der Waals surface area contributed by atoms with E-state index in [9.17, 15) is 8.42 Å². The van der Waals surface area contributed by atoms with Crippen molar-refractivity contribution in [1.29, 1.82) is 0 Å². The number of nitrogens with two attached hydrogens (primary N) is 2. The molecule has 0 aromatic carbocycles. The fraction of sp³-hybridized carbons (Fsp3) is 0.500. The zero-order chi connectivity index (χ0) is 11.9. The van der Waals surface area contributed by atoms with Crippen molar-refractivity contribution >= 4 is 21.6 Å². The Morgan fingerprint density at radius 1 is 1.27 bits per heavy atom. The lowest BCUT2D eigenvalue weighted by Gasteiger charge is -2.19. The zero-order valence-corrected chi connectivity index (χ0v) is 9.67. The largest absolute Gasteiger partial charge is 0.382 e. The Bertz CT molecular complexity index is 476. The lowest BCUT2D eigenvalue weighted by molar-refractivity contribution is 0.560. The maximum Gasteiger partial charge on any atom is 0.221 e. The topological polar surface area (TPSA) is 112 Å². The first-order valence-electron chi connectivity index (χ1n) is 4.29. The summed E-state index contributed by atoms with van der Waals surface area (Å²) >= 11 is 0. The average molecular weight is 230 g/mol. The molecule has 0 atom stereocenters. The van der Waals surface area contributed by atoms with Gasteiger partial charge < -0.3 is 11.5 Å². The number of hydrogen-bond donors (Lipinski definition) is 2. The average Bonchev–Trinajstić information content (AvgIpc) is 2.00. The van der Waals surface area contributed by atoms with Crippen molar-refractivity contribution in [3.05, 3.63) is 6.20 Å². The molecule has 84 valence electrons. The molecular formula is C8H14N4O2S. The van der Waals surface area contributed by atoms with Crippen LogP contribution in [-0.4, -0.2) is 23.1 Å². The molecule has 0 unspecified atom stereocenters.